The van der Waals surface area contributed by atoms with Crippen molar-refractivity contribution in [2.45, 2.75) is 13.8 Å². The molecule has 3 N–H and O–H groups in total. The molecule has 0 saturated carbocycles. The number of benzene rings is 1. The number of H-pyrrole nitrogens is 1. The first-order valence-electron chi connectivity index (χ1n) is 6.00. The van der Waals surface area contributed by atoms with Crippen LogP contribution in [0.5, 0.6) is 0 Å². The summed E-state index contributed by atoms with van der Waals surface area (Å²) in [6.45, 7) is 4.01. The molecular formula is C14H14N4S. The Morgan fingerprint density at radius 3 is 2.53 bits per heavy atom. The molecule has 0 aliphatic carbocycles. The molecule has 4 nitrogen and oxygen atoms in total. The molecule has 0 radical (unpaired) electrons. The first-order valence-corrected chi connectivity index (χ1v) is 6.82. The average molecular weight is 270 g/mol. The third-order valence-corrected chi connectivity index (χ3v) is 4.08. The summed E-state index contributed by atoms with van der Waals surface area (Å²) in [6, 6.07) is 10.1. The Bertz CT molecular complexity index is 712. The lowest BCUT2D eigenvalue weighted by Gasteiger charge is -2.03. The second-order valence-corrected chi connectivity index (χ2v) is 5.58. The normalized spacial score (nSPS) is 10.8. The second kappa shape index (κ2) is 4.51. The molecular weight excluding hydrogens is 256 g/mol. The zero-order chi connectivity index (χ0) is 13.4. The summed E-state index contributed by atoms with van der Waals surface area (Å²) >= 11 is 1.65. The summed E-state index contributed by atoms with van der Waals surface area (Å²) in [4.78, 5) is 5.56. The number of nitrogens with one attached hydrogen (secondary N) is 1. The van der Waals surface area contributed by atoms with Crippen LogP contribution in [0, 0.1) is 13.8 Å². The molecule has 3 rings (SSSR count). The highest BCUT2D eigenvalue weighted by molar-refractivity contribution is 7.15. The topological polar surface area (TPSA) is 67.6 Å². The van der Waals surface area contributed by atoms with Crippen molar-refractivity contribution in [3.63, 3.8) is 0 Å². The Morgan fingerprint density at radius 2 is 1.89 bits per heavy atom. The van der Waals surface area contributed by atoms with E-state index in [9.17, 15) is 0 Å². The number of nitrogens with zero attached hydrogens (tertiary/aromatic N) is 2. The summed E-state index contributed by atoms with van der Waals surface area (Å²) in [6.07, 6.45) is 0. The number of aryl methyl sites for hydroxylation is 2. The van der Waals surface area contributed by atoms with Gasteiger partial charge in [0.2, 0.25) is 0 Å². The molecule has 96 valence electrons. The largest absolute Gasteiger partial charge is 0.382 e. The third kappa shape index (κ3) is 2.02. The van der Waals surface area contributed by atoms with E-state index < -0.39 is 0 Å². The highest BCUT2D eigenvalue weighted by Crippen LogP contribution is 2.38. The predicted octanol–water partition coefficient (Wildman–Crippen LogP) is 3.40. The van der Waals surface area contributed by atoms with Crippen LogP contribution in [0.4, 0.5) is 5.82 Å². The van der Waals surface area contributed by atoms with Gasteiger partial charge in [-0.3, -0.25) is 5.10 Å². The maximum absolute atomic E-state index is 6.01. The molecule has 0 unspecified atom stereocenters. The highest BCUT2D eigenvalue weighted by atomic mass is 32.1. The van der Waals surface area contributed by atoms with Gasteiger partial charge in [0.05, 0.1) is 26.8 Å². The van der Waals surface area contributed by atoms with E-state index in [0.29, 0.717) is 5.82 Å². The third-order valence-electron chi connectivity index (χ3n) is 2.99. The Morgan fingerprint density at radius 1 is 1.16 bits per heavy atom. The standard InChI is InChI=1S/C14H14N4S/c1-8-13(19-9(2)16-8)12-11(14(15)18-17-12)10-6-4-3-5-7-10/h3-7H,1-2H3,(H3,15,17,18). The van der Waals surface area contributed by atoms with Crippen LogP contribution in [0.3, 0.4) is 0 Å². The van der Waals surface area contributed by atoms with Crippen LogP contribution in [-0.2, 0) is 0 Å². The molecule has 0 spiro atoms. The van der Waals surface area contributed by atoms with Crippen molar-refractivity contribution in [3.8, 4) is 21.7 Å². The SMILES string of the molecule is Cc1nc(C)c(-c2[nH]nc(N)c2-c2ccccc2)s1. The molecule has 0 fully saturated rings. The summed E-state index contributed by atoms with van der Waals surface area (Å²) in [5.41, 5.74) is 9.98. The van der Waals surface area contributed by atoms with Crippen LogP contribution in [0.1, 0.15) is 10.7 Å². The number of nitrogen functional groups attached to an aromatic ring is 1. The Labute approximate surface area is 115 Å². The van der Waals surface area contributed by atoms with Crippen molar-refractivity contribution in [2.75, 3.05) is 5.73 Å². The number of rotatable bonds is 2. The first-order chi connectivity index (χ1) is 9.16. The van der Waals surface area contributed by atoms with Gasteiger partial charge in [0.15, 0.2) is 5.82 Å². The minimum absolute atomic E-state index is 0.520. The predicted molar refractivity (Wildman–Crippen MR) is 79.0 cm³/mol. The lowest BCUT2D eigenvalue weighted by Crippen LogP contribution is -1.88. The molecule has 2 heterocycles. The van der Waals surface area contributed by atoms with Gasteiger partial charge in [-0.05, 0) is 19.4 Å². The van der Waals surface area contributed by atoms with Gasteiger partial charge in [0.1, 0.15) is 0 Å². The van der Waals surface area contributed by atoms with Crippen molar-refractivity contribution >= 4 is 17.2 Å². The first kappa shape index (κ1) is 11.9. The fourth-order valence-electron chi connectivity index (χ4n) is 2.18. The quantitative estimate of drug-likeness (QED) is 0.750. The van der Waals surface area contributed by atoms with Crippen molar-refractivity contribution in [1.82, 2.24) is 15.2 Å². The maximum Gasteiger partial charge on any atom is 0.153 e. The lowest BCUT2D eigenvalue weighted by atomic mass is 10.0. The number of aromatic nitrogens is 3. The number of hydrogen-bond acceptors (Lipinski definition) is 4. The Kier molecular flexibility index (Phi) is 2.83. The minimum Gasteiger partial charge on any atom is -0.382 e. The van der Waals surface area contributed by atoms with Gasteiger partial charge in [-0.2, -0.15) is 5.10 Å². The van der Waals surface area contributed by atoms with Gasteiger partial charge < -0.3 is 5.73 Å². The van der Waals surface area contributed by atoms with Crippen molar-refractivity contribution in [2.24, 2.45) is 0 Å². The summed E-state index contributed by atoms with van der Waals surface area (Å²) in [5, 5.41) is 8.23. The molecule has 0 atom stereocenters. The van der Waals surface area contributed by atoms with E-state index in [2.05, 4.69) is 15.2 Å². The van der Waals surface area contributed by atoms with Crippen LogP contribution < -0.4 is 5.73 Å². The number of thiazole rings is 1. The Balaban J connectivity index is 2.22. The van der Waals surface area contributed by atoms with Crippen LogP contribution in [0.15, 0.2) is 30.3 Å². The maximum atomic E-state index is 6.01. The van der Waals surface area contributed by atoms with Crippen LogP contribution in [0.25, 0.3) is 21.7 Å². The summed E-state index contributed by atoms with van der Waals surface area (Å²) < 4.78 is 0. The van der Waals surface area contributed by atoms with Crippen molar-refractivity contribution in [1.29, 1.82) is 0 Å². The average Bonchev–Trinajstić information content (AvgIpc) is 2.93. The number of hydrogen-bond donors (Lipinski definition) is 2. The molecule has 0 saturated heterocycles. The number of aromatic amines is 1. The van der Waals surface area contributed by atoms with E-state index in [0.717, 1.165) is 32.4 Å². The van der Waals surface area contributed by atoms with E-state index in [1.165, 1.54) is 0 Å². The van der Waals surface area contributed by atoms with Gasteiger partial charge in [0.25, 0.3) is 0 Å². The molecule has 0 aliphatic heterocycles. The van der Waals surface area contributed by atoms with E-state index in [-0.39, 0.29) is 0 Å². The molecule has 0 bridgehead atoms. The minimum atomic E-state index is 0.520. The Hall–Kier alpha value is -2.14. The van der Waals surface area contributed by atoms with Crippen LogP contribution in [0.2, 0.25) is 0 Å². The van der Waals surface area contributed by atoms with Gasteiger partial charge in [0, 0.05) is 0 Å². The fourth-order valence-corrected chi connectivity index (χ4v) is 3.10. The van der Waals surface area contributed by atoms with E-state index in [4.69, 9.17) is 5.73 Å². The molecule has 1 aromatic carbocycles. The smallest absolute Gasteiger partial charge is 0.153 e. The van der Waals surface area contributed by atoms with Gasteiger partial charge in [-0.15, -0.1) is 11.3 Å². The second-order valence-electron chi connectivity index (χ2n) is 4.37. The van der Waals surface area contributed by atoms with Crippen molar-refractivity contribution in [3.05, 3.63) is 41.0 Å². The molecule has 3 aromatic rings. The number of nitrogens with two attached hydrogens (primary N) is 1. The van der Waals surface area contributed by atoms with Gasteiger partial charge in [-0.25, -0.2) is 4.98 Å². The van der Waals surface area contributed by atoms with Crippen LogP contribution in [-0.4, -0.2) is 15.2 Å². The van der Waals surface area contributed by atoms with Crippen molar-refractivity contribution < 1.29 is 0 Å². The van der Waals surface area contributed by atoms with Gasteiger partial charge in [-0.1, -0.05) is 30.3 Å². The summed E-state index contributed by atoms with van der Waals surface area (Å²) in [7, 11) is 0. The zero-order valence-corrected chi connectivity index (χ0v) is 11.6. The van der Waals surface area contributed by atoms with E-state index in [1.807, 2.05) is 44.2 Å². The fraction of sp³-hybridized carbons (Fsp3) is 0.143. The number of anilines is 1. The molecule has 2 aromatic heterocycles. The molecule has 0 aliphatic rings. The summed E-state index contributed by atoms with van der Waals surface area (Å²) in [5.74, 6) is 0.520. The highest BCUT2D eigenvalue weighted by Gasteiger charge is 2.18. The molecule has 0 amide bonds. The van der Waals surface area contributed by atoms with Gasteiger partial charge >= 0.3 is 0 Å². The zero-order valence-electron chi connectivity index (χ0n) is 10.8. The molecule has 5 heteroatoms. The van der Waals surface area contributed by atoms with Crippen LogP contribution >= 0.6 is 11.3 Å². The lowest BCUT2D eigenvalue weighted by molar-refractivity contribution is 1.10. The monoisotopic (exact) mass is 270 g/mol. The molecule has 19 heavy (non-hydrogen) atoms. The van der Waals surface area contributed by atoms with E-state index in [1.54, 1.807) is 11.3 Å². The van der Waals surface area contributed by atoms with E-state index >= 15 is 0 Å².